The van der Waals surface area contributed by atoms with E-state index in [9.17, 15) is 14.9 Å². The molecule has 0 spiro atoms. The van der Waals surface area contributed by atoms with Crippen molar-refractivity contribution in [1.82, 2.24) is 29.3 Å². The van der Waals surface area contributed by atoms with Crippen molar-refractivity contribution in [2.24, 2.45) is 14.1 Å². The van der Waals surface area contributed by atoms with Crippen molar-refractivity contribution < 1.29 is 9.72 Å². The summed E-state index contributed by atoms with van der Waals surface area (Å²) in [5.74, 6) is -0.354. The summed E-state index contributed by atoms with van der Waals surface area (Å²) in [6.45, 7) is 3.10. The largest absolute Gasteiger partial charge is 0.313 e. The van der Waals surface area contributed by atoms with Crippen LogP contribution in [-0.4, -0.2) is 40.0 Å². The zero-order valence-corrected chi connectivity index (χ0v) is 15.9. The molecule has 0 aromatic carbocycles. The van der Waals surface area contributed by atoms with Crippen LogP contribution < -0.4 is 0 Å². The van der Waals surface area contributed by atoms with Gasteiger partial charge in [-0.1, -0.05) is 0 Å². The van der Waals surface area contributed by atoms with Crippen LogP contribution in [0.1, 0.15) is 22.5 Å². The van der Waals surface area contributed by atoms with E-state index in [1.54, 1.807) is 74.2 Å². The Balaban J connectivity index is 2.07. The molecular formula is C18H19N7O3. The van der Waals surface area contributed by atoms with Crippen LogP contribution in [0.25, 0.3) is 17.8 Å². The van der Waals surface area contributed by atoms with E-state index < -0.39 is 4.92 Å². The van der Waals surface area contributed by atoms with Gasteiger partial charge in [-0.3, -0.25) is 24.3 Å². The molecule has 0 amide bonds. The molecule has 0 aliphatic carbocycles. The van der Waals surface area contributed by atoms with E-state index in [-0.39, 0.29) is 28.6 Å². The van der Waals surface area contributed by atoms with Gasteiger partial charge in [0.1, 0.15) is 17.1 Å². The van der Waals surface area contributed by atoms with Gasteiger partial charge in [-0.25, -0.2) is 4.68 Å². The second kappa shape index (κ2) is 7.43. The van der Waals surface area contributed by atoms with Crippen LogP contribution in [0.2, 0.25) is 0 Å². The fraction of sp³-hybridized carbons (Fsp3) is 0.222. The monoisotopic (exact) mass is 381 g/mol. The zero-order valence-electron chi connectivity index (χ0n) is 15.9. The number of hydrogen-bond acceptors (Lipinski definition) is 6. The number of aromatic nitrogens is 6. The van der Waals surface area contributed by atoms with Crippen molar-refractivity contribution in [2.45, 2.75) is 13.8 Å². The van der Waals surface area contributed by atoms with Crippen molar-refractivity contribution >= 4 is 29.3 Å². The van der Waals surface area contributed by atoms with Crippen molar-refractivity contribution in [2.75, 3.05) is 0 Å². The Bertz CT molecular complexity index is 1110. The maximum atomic E-state index is 12.9. The Morgan fingerprint density at radius 2 is 1.71 bits per heavy atom. The lowest BCUT2D eigenvalue weighted by atomic mass is 10.2. The lowest BCUT2D eigenvalue weighted by molar-refractivity contribution is -0.386. The summed E-state index contributed by atoms with van der Waals surface area (Å²) in [4.78, 5) is 23.8. The third kappa shape index (κ3) is 3.80. The normalized spacial score (nSPS) is 12.1. The summed E-state index contributed by atoms with van der Waals surface area (Å²) in [5.41, 5.74) is 2.03. The number of nitrogens with zero attached hydrogens (tertiary/aromatic N) is 7. The summed E-state index contributed by atoms with van der Waals surface area (Å²) in [6, 6.07) is 0. The molecule has 0 aliphatic rings. The molecule has 0 atom stereocenters. The Labute approximate surface area is 160 Å². The first-order chi connectivity index (χ1) is 13.3. The predicted molar refractivity (Wildman–Crippen MR) is 103 cm³/mol. The minimum absolute atomic E-state index is 0.110. The van der Waals surface area contributed by atoms with Gasteiger partial charge in [0.2, 0.25) is 5.78 Å². The highest BCUT2D eigenvalue weighted by Gasteiger charge is 2.25. The minimum atomic E-state index is -0.494. The van der Waals surface area contributed by atoms with Crippen molar-refractivity contribution in [3.8, 4) is 0 Å². The summed E-state index contributed by atoms with van der Waals surface area (Å²) >= 11 is 0. The molecule has 10 nitrogen and oxygen atoms in total. The van der Waals surface area contributed by atoms with Crippen LogP contribution in [-0.2, 0) is 18.9 Å². The van der Waals surface area contributed by atoms with E-state index in [0.29, 0.717) is 5.56 Å². The summed E-state index contributed by atoms with van der Waals surface area (Å²) in [5, 5.41) is 23.7. The Kier molecular flexibility index (Phi) is 5.03. The Hall–Kier alpha value is -3.82. The number of hydrogen-bond donors (Lipinski definition) is 0. The molecule has 3 rings (SSSR count). The number of carbonyl (C=O) groups is 1. The fourth-order valence-electron chi connectivity index (χ4n) is 2.83. The van der Waals surface area contributed by atoms with Crippen LogP contribution in [0.5, 0.6) is 0 Å². The highest BCUT2D eigenvalue weighted by molar-refractivity contribution is 6.26. The second-order valence-corrected chi connectivity index (χ2v) is 6.31. The molecule has 0 saturated carbocycles. The Morgan fingerprint density at radius 1 is 1.11 bits per heavy atom. The van der Waals surface area contributed by atoms with E-state index in [2.05, 4.69) is 15.3 Å². The number of ketones is 1. The minimum Gasteiger partial charge on any atom is -0.288 e. The van der Waals surface area contributed by atoms with Gasteiger partial charge in [0.15, 0.2) is 0 Å². The average Bonchev–Trinajstić information content (AvgIpc) is 3.30. The quantitative estimate of drug-likeness (QED) is 0.367. The van der Waals surface area contributed by atoms with Gasteiger partial charge in [-0.15, -0.1) is 0 Å². The zero-order chi connectivity index (χ0) is 20.4. The lowest BCUT2D eigenvalue weighted by Gasteiger charge is -2.06. The van der Waals surface area contributed by atoms with E-state index in [1.807, 2.05) is 0 Å². The molecule has 3 aromatic heterocycles. The van der Waals surface area contributed by atoms with Crippen LogP contribution in [0.3, 0.4) is 0 Å². The van der Waals surface area contributed by atoms with Crippen LogP contribution >= 0.6 is 0 Å². The van der Waals surface area contributed by atoms with Gasteiger partial charge in [0, 0.05) is 37.6 Å². The standard InChI is InChI=1S/C18H19N7O3/c1-12-18(25(27)28)13(2)24(21-12)16(7-15-9-20-23(4)11-15)17(26)6-5-14-8-19-22(3)10-14/h5-11H,1-4H3. The van der Waals surface area contributed by atoms with Crippen molar-refractivity contribution in [1.29, 1.82) is 0 Å². The first-order valence-electron chi connectivity index (χ1n) is 8.38. The first kappa shape index (κ1) is 19.0. The molecule has 0 N–H and O–H groups in total. The lowest BCUT2D eigenvalue weighted by Crippen LogP contribution is -2.10. The number of rotatable bonds is 6. The number of allylic oxidation sites excluding steroid dienone is 2. The van der Waals surface area contributed by atoms with Crippen molar-refractivity contribution in [3.63, 3.8) is 0 Å². The van der Waals surface area contributed by atoms with E-state index in [1.165, 1.54) is 10.8 Å². The van der Waals surface area contributed by atoms with Gasteiger partial charge < -0.3 is 0 Å². The molecule has 3 aromatic rings. The van der Waals surface area contributed by atoms with Gasteiger partial charge in [0.25, 0.3) is 0 Å². The molecule has 0 radical (unpaired) electrons. The van der Waals surface area contributed by atoms with E-state index in [0.717, 1.165) is 5.56 Å². The molecular weight excluding hydrogens is 362 g/mol. The maximum Gasteiger partial charge on any atom is 0.313 e. The molecule has 3 heterocycles. The molecule has 144 valence electrons. The molecule has 0 bridgehead atoms. The van der Waals surface area contributed by atoms with Crippen LogP contribution in [0.4, 0.5) is 5.69 Å². The highest BCUT2D eigenvalue weighted by atomic mass is 16.6. The predicted octanol–water partition coefficient (Wildman–Crippen LogP) is 2.16. The summed E-state index contributed by atoms with van der Waals surface area (Å²) in [6.07, 6.45) is 11.3. The summed E-state index contributed by atoms with van der Waals surface area (Å²) < 4.78 is 4.53. The van der Waals surface area contributed by atoms with Crippen molar-refractivity contribution in [3.05, 3.63) is 63.5 Å². The van der Waals surface area contributed by atoms with Crippen LogP contribution in [0, 0.1) is 24.0 Å². The third-order valence-electron chi connectivity index (χ3n) is 4.10. The van der Waals surface area contributed by atoms with Crippen LogP contribution in [0.15, 0.2) is 30.9 Å². The topological polar surface area (TPSA) is 114 Å². The molecule has 28 heavy (non-hydrogen) atoms. The second-order valence-electron chi connectivity index (χ2n) is 6.31. The number of nitro groups is 1. The molecule has 0 unspecified atom stereocenters. The number of aryl methyl sites for hydroxylation is 3. The highest BCUT2D eigenvalue weighted by Crippen LogP contribution is 2.26. The molecule has 10 heteroatoms. The van der Waals surface area contributed by atoms with E-state index in [4.69, 9.17) is 0 Å². The smallest absolute Gasteiger partial charge is 0.288 e. The van der Waals surface area contributed by atoms with Gasteiger partial charge in [-0.05, 0) is 32.1 Å². The molecule has 0 saturated heterocycles. The SMILES string of the molecule is Cc1nn(C(=Cc2cnn(C)c2)C(=O)C=Cc2cnn(C)c2)c(C)c1[N+](=O)[O-]. The van der Waals surface area contributed by atoms with E-state index >= 15 is 0 Å². The van der Waals surface area contributed by atoms with Gasteiger partial charge in [-0.2, -0.15) is 15.3 Å². The van der Waals surface area contributed by atoms with Gasteiger partial charge in [0.05, 0.1) is 17.3 Å². The maximum absolute atomic E-state index is 12.9. The summed E-state index contributed by atoms with van der Waals surface area (Å²) in [7, 11) is 3.54. The average molecular weight is 381 g/mol. The number of carbonyl (C=O) groups excluding carboxylic acids is 1. The van der Waals surface area contributed by atoms with Gasteiger partial charge >= 0.3 is 5.69 Å². The molecule has 0 fully saturated rings. The third-order valence-corrected chi connectivity index (χ3v) is 4.10. The molecule has 0 aliphatic heterocycles. The first-order valence-corrected chi connectivity index (χ1v) is 8.38. The Morgan fingerprint density at radius 3 is 2.21 bits per heavy atom. The fourth-order valence-corrected chi connectivity index (χ4v) is 2.83.